The summed E-state index contributed by atoms with van der Waals surface area (Å²) in [5, 5.41) is 18.4. The normalized spacial score (nSPS) is 20.8. The molecule has 2 bridgehead atoms. The number of nitrogens with two attached hydrogens (primary N) is 1. The number of anilines is 1. The molecular formula is C27H30N8O3. The maximum Gasteiger partial charge on any atom is 0.248 e. The molecule has 3 N–H and O–H groups in total. The Morgan fingerprint density at radius 2 is 1.92 bits per heavy atom. The minimum atomic E-state index is -0.487. The molecular weight excluding hydrogens is 484 g/mol. The van der Waals surface area contributed by atoms with E-state index >= 15 is 0 Å². The number of nitrogens with zero attached hydrogens (tertiary/aromatic N) is 7. The van der Waals surface area contributed by atoms with Crippen LogP contribution in [0.5, 0.6) is 0 Å². The minimum absolute atomic E-state index is 0.0211. The number of piperidine rings is 1. The van der Waals surface area contributed by atoms with Crippen molar-refractivity contribution in [1.82, 2.24) is 34.3 Å². The molecule has 6 rings (SSSR count). The van der Waals surface area contributed by atoms with Crippen LogP contribution in [-0.4, -0.2) is 69.7 Å². The molecule has 11 heteroatoms. The third-order valence-electron chi connectivity index (χ3n) is 7.95. The number of fused-ring (bicyclic) bond motifs is 3. The van der Waals surface area contributed by atoms with E-state index in [4.69, 9.17) is 10.7 Å². The fourth-order valence-corrected chi connectivity index (χ4v) is 6.31. The quantitative estimate of drug-likeness (QED) is 0.387. The fraction of sp³-hybridized carbons (Fsp3) is 0.407. The van der Waals surface area contributed by atoms with E-state index in [9.17, 15) is 14.7 Å². The lowest BCUT2D eigenvalue weighted by atomic mass is 9.85. The highest BCUT2D eigenvalue weighted by molar-refractivity contribution is 6.00. The summed E-state index contributed by atoms with van der Waals surface area (Å²) in [5.41, 5.74) is 12.3. The molecule has 0 saturated carbocycles. The molecule has 4 aromatic rings. The number of aliphatic hydroxyl groups excluding tert-OH is 1. The van der Waals surface area contributed by atoms with Gasteiger partial charge in [-0.3, -0.25) is 19.3 Å². The number of rotatable bonds is 5. The standard InChI is InChI=1S/C27H30N8O3/c1-14-8-17(11-29-24(14)21-6-7-33(3)32-21)20-12-30-35-26(28)23(15(2)37)25(31-27(20)35)16-9-18-4-5-19(10-16)34(18)22(38)13-36/h6-8,11-12,16,18-19,36H,4-5,9-10,13,28H2,1-3H3/t16-,18+,19-. The van der Waals surface area contributed by atoms with Gasteiger partial charge in [0.2, 0.25) is 5.91 Å². The molecule has 3 atom stereocenters. The van der Waals surface area contributed by atoms with E-state index in [1.165, 1.54) is 11.4 Å². The summed E-state index contributed by atoms with van der Waals surface area (Å²) < 4.78 is 3.27. The molecule has 2 fully saturated rings. The number of hydrogen-bond donors (Lipinski definition) is 2. The van der Waals surface area contributed by atoms with Crippen molar-refractivity contribution >= 4 is 23.2 Å². The van der Waals surface area contributed by atoms with E-state index in [1.807, 2.05) is 37.2 Å². The van der Waals surface area contributed by atoms with Crippen molar-refractivity contribution < 1.29 is 14.7 Å². The van der Waals surface area contributed by atoms with Gasteiger partial charge in [-0.2, -0.15) is 14.7 Å². The molecule has 2 aliphatic rings. The Kier molecular flexibility index (Phi) is 5.75. The number of ketones is 1. The first kappa shape index (κ1) is 24.2. The summed E-state index contributed by atoms with van der Waals surface area (Å²) >= 11 is 0. The van der Waals surface area contributed by atoms with Gasteiger partial charge in [-0.15, -0.1) is 0 Å². The smallest absolute Gasteiger partial charge is 0.248 e. The van der Waals surface area contributed by atoms with Crippen LogP contribution in [-0.2, 0) is 11.8 Å². The molecule has 1 amide bonds. The van der Waals surface area contributed by atoms with E-state index in [0.29, 0.717) is 29.7 Å². The number of Topliss-reactive ketones (excluding diaryl/α,β-unsaturated/α-hetero) is 1. The van der Waals surface area contributed by atoms with Crippen LogP contribution in [0.2, 0.25) is 0 Å². The lowest BCUT2D eigenvalue weighted by Crippen LogP contribution is -2.47. The molecule has 196 valence electrons. The van der Waals surface area contributed by atoms with Gasteiger partial charge in [-0.25, -0.2) is 4.98 Å². The second-order valence-electron chi connectivity index (χ2n) is 10.4. The van der Waals surface area contributed by atoms with Crippen LogP contribution in [0.25, 0.3) is 28.2 Å². The second kappa shape index (κ2) is 9.02. The molecule has 2 saturated heterocycles. The predicted octanol–water partition coefficient (Wildman–Crippen LogP) is 2.51. The van der Waals surface area contributed by atoms with Gasteiger partial charge in [0.05, 0.1) is 23.1 Å². The van der Waals surface area contributed by atoms with E-state index < -0.39 is 6.61 Å². The van der Waals surface area contributed by atoms with Gasteiger partial charge in [0.25, 0.3) is 0 Å². The highest BCUT2D eigenvalue weighted by Gasteiger charge is 2.44. The molecule has 0 spiro atoms. The van der Waals surface area contributed by atoms with Gasteiger partial charge in [0.15, 0.2) is 11.4 Å². The Balaban J connectivity index is 1.43. The first-order valence-corrected chi connectivity index (χ1v) is 12.8. The van der Waals surface area contributed by atoms with Gasteiger partial charge in [-0.1, -0.05) is 0 Å². The molecule has 11 nitrogen and oxygen atoms in total. The van der Waals surface area contributed by atoms with Crippen molar-refractivity contribution in [2.75, 3.05) is 12.3 Å². The lowest BCUT2D eigenvalue weighted by Gasteiger charge is -2.39. The Labute approximate surface area is 219 Å². The van der Waals surface area contributed by atoms with Crippen molar-refractivity contribution in [3.63, 3.8) is 0 Å². The Bertz CT molecular complexity index is 1570. The summed E-state index contributed by atoms with van der Waals surface area (Å²) in [4.78, 5) is 36.7. The Morgan fingerprint density at radius 1 is 1.18 bits per heavy atom. The number of aliphatic hydroxyl groups is 1. The van der Waals surface area contributed by atoms with Crippen molar-refractivity contribution in [2.24, 2.45) is 7.05 Å². The average molecular weight is 515 g/mol. The number of carbonyl (C=O) groups is 2. The molecule has 0 unspecified atom stereocenters. The maximum atomic E-state index is 12.8. The summed E-state index contributed by atoms with van der Waals surface area (Å²) in [6.45, 7) is 3.00. The van der Waals surface area contributed by atoms with E-state index in [2.05, 4.69) is 15.2 Å². The molecule has 0 aromatic carbocycles. The average Bonchev–Trinajstić information content (AvgIpc) is 3.58. The largest absolute Gasteiger partial charge is 0.387 e. The summed E-state index contributed by atoms with van der Waals surface area (Å²) in [7, 11) is 1.87. The number of amides is 1. The van der Waals surface area contributed by atoms with Crippen LogP contribution in [0.4, 0.5) is 5.82 Å². The van der Waals surface area contributed by atoms with Gasteiger partial charge in [-0.05, 0) is 57.2 Å². The molecule has 2 aliphatic heterocycles. The van der Waals surface area contributed by atoms with Gasteiger partial charge in [0, 0.05) is 48.6 Å². The first-order chi connectivity index (χ1) is 18.3. The molecule has 4 aromatic heterocycles. The topological polar surface area (TPSA) is 145 Å². The van der Waals surface area contributed by atoms with Crippen LogP contribution < -0.4 is 5.73 Å². The Morgan fingerprint density at radius 3 is 2.53 bits per heavy atom. The number of pyridine rings is 1. The third kappa shape index (κ3) is 3.76. The maximum absolute atomic E-state index is 12.8. The lowest BCUT2D eigenvalue weighted by molar-refractivity contribution is -0.138. The fourth-order valence-electron chi connectivity index (χ4n) is 6.31. The van der Waals surface area contributed by atoms with Crippen LogP contribution >= 0.6 is 0 Å². The summed E-state index contributed by atoms with van der Waals surface area (Å²) in [6.07, 6.45) is 8.48. The van der Waals surface area contributed by atoms with E-state index in [-0.39, 0.29) is 35.5 Å². The number of carbonyl (C=O) groups excluding carboxylic acids is 2. The van der Waals surface area contributed by atoms with Crippen LogP contribution in [0, 0.1) is 6.92 Å². The Hall–Kier alpha value is -4.12. The van der Waals surface area contributed by atoms with Crippen LogP contribution in [0.3, 0.4) is 0 Å². The molecule has 6 heterocycles. The number of aromatic nitrogens is 6. The number of aryl methyl sites for hydroxylation is 2. The van der Waals surface area contributed by atoms with Crippen molar-refractivity contribution in [1.29, 1.82) is 0 Å². The second-order valence-corrected chi connectivity index (χ2v) is 10.4. The summed E-state index contributed by atoms with van der Waals surface area (Å²) in [6, 6.07) is 4.00. The predicted molar refractivity (Wildman–Crippen MR) is 140 cm³/mol. The zero-order valence-corrected chi connectivity index (χ0v) is 21.6. The molecule has 38 heavy (non-hydrogen) atoms. The van der Waals surface area contributed by atoms with Crippen LogP contribution in [0.1, 0.15) is 60.1 Å². The third-order valence-corrected chi connectivity index (χ3v) is 7.95. The van der Waals surface area contributed by atoms with E-state index in [1.54, 1.807) is 17.1 Å². The highest BCUT2D eigenvalue weighted by atomic mass is 16.3. The monoisotopic (exact) mass is 514 g/mol. The van der Waals surface area contributed by atoms with Crippen LogP contribution in [0.15, 0.2) is 30.7 Å². The molecule has 0 aliphatic carbocycles. The zero-order chi connectivity index (χ0) is 26.7. The minimum Gasteiger partial charge on any atom is -0.387 e. The van der Waals surface area contributed by atoms with Crippen molar-refractivity contribution in [2.45, 2.75) is 57.5 Å². The summed E-state index contributed by atoms with van der Waals surface area (Å²) in [5.74, 6) is -0.168. The number of nitrogen functional groups attached to an aromatic ring is 1. The first-order valence-electron chi connectivity index (χ1n) is 12.8. The SMILES string of the molecule is CC(=O)c1c([C@H]2C[C@H]3CC[C@@H](C2)N3C(=O)CO)nc2c(-c3cnc(-c4ccn(C)n4)c(C)c3)cnn2c1N. The highest BCUT2D eigenvalue weighted by Crippen LogP contribution is 2.44. The van der Waals surface area contributed by atoms with Crippen molar-refractivity contribution in [3.8, 4) is 22.5 Å². The molecule has 0 radical (unpaired) electrons. The van der Waals surface area contributed by atoms with Gasteiger partial charge in [0.1, 0.15) is 18.1 Å². The number of hydrogen-bond acceptors (Lipinski definition) is 8. The van der Waals surface area contributed by atoms with E-state index in [0.717, 1.165) is 40.9 Å². The van der Waals surface area contributed by atoms with Crippen molar-refractivity contribution in [3.05, 3.63) is 47.5 Å². The zero-order valence-electron chi connectivity index (χ0n) is 21.6. The van der Waals surface area contributed by atoms with Gasteiger partial charge < -0.3 is 15.7 Å². The van der Waals surface area contributed by atoms with Gasteiger partial charge >= 0.3 is 0 Å².